The first-order valence-corrected chi connectivity index (χ1v) is 9.72. The third-order valence-electron chi connectivity index (χ3n) is 3.28. The zero-order valence-corrected chi connectivity index (χ0v) is 14.6. The van der Waals surface area contributed by atoms with Gasteiger partial charge in [-0.3, -0.25) is 9.52 Å². The minimum atomic E-state index is -3.30. The molecule has 2 aromatic rings. The predicted molar refractivity (Wildman–Crippen MR) is 92.4 cm³/mol. The maximum absolute atomic E-state index is 12.0. The zero-order valence-electron chi connectivity index (χ0n) is 13.0. The molecule has 8 heteroatoms. The topological polar surface area (TPSA) is 88.2 Å². The molecule has 0 spiro atoms. The number of nitrogens with zero attached hydrogens (tertiary/aromatic N) is 1. The second-order valence-corrected chi connectivity index (χ2v) is 7.90. The number of aromatic nitrogens is 1. The van der Waals surface area contributed by atoms with Gasteiger partial charge in [0.1, 0.15) is 0 Å². The molecule has 0 aliphatic rings. The number of nitrogens with one attached hydrogen (secondary N) is 2. The average molecular weight is 353 g/mol. The van der Waals surface area contributed by atoms with Crippen molar-refractivity contribution in [2.75, 3.05) is 17.0 Å². The number of anilines is 1. The van der Waals surface area contributed by atoms with Crippen LogP contribution in [0.2, 0.25) is 0 Å². The molecule has 1 heterocycles. The number of amides is 1. The fourth-order valence-electron chi connectivity index (χ4n) is 1.90. The summed E-state index contributed by atoms with van der Waals surface area (Å²) in [6.45, 7) is 4.05. The molecule has 1 aromatic heterocycles. The molecular formula is C15H19N3O3S2. The molecule has 124 valence electrons. The number of hydrogen-bond acceptors (Lipinski definition) is 5. The summed E-state index contributed by atoms with van der Waals surface area (Å²) < 4.78 is 25.4. The van der Waals surface area contributed by atoms with Gasteiger partial charge in [0, 0.05) is 29.1 Å². The van der Waals surface area contributed by atoms with Crippen LogP contribution < -0.4 is 10.0 Å². The van der Waals surface area contributed by atoms with E-state index in [0.29, 0.717) is 17.8 Å². The van der Waals surface area contributed by atoms with Gasteiger partial charge in [-0.25, -0.2) is 13.4 Å². The van der Waals surface area contributed by atoms with Gasteiger partial charge in [-0.15, -0.1) is 11.3 Å². The minimum Gasteiger partial charge on any atom is -0.352 e. The van der Waals surface area contributed by atoms with Crippen LogP contribution in [-0.4, -0.2) is 31.6 Å². The summed E-state index contributed by atoms with van der Waals surface area (Å²) in [7, 11) is -3.30. The maximum atomic E-state index is 12.0. The first kappa shape index (κ1) is 17.4. The Kier molecular flexibility index (Phi) is 5.73. The first-order valence-electron chi connectivity index (χ1n) is 7.19. The number of benzene rings is 1. The maximum Gasteiger partial charge on any atom is 0.251 e. The number of thiazole rings is 1. The lowest BCUT2D eigenvalue weighted by molar-refractivity contribution is 0.0954. The monoisotopic (exact) mass is 353 g/mol. The molecule has 1 aromatic carbocycles. The van der Waals surface area contributed by atoms with Crippen LogP contribution in [0.3, 0.4) is 0 Å². The lowest BCUT2D eigenvalue weighted by Gasteiger charge is -2.08. The number of hydrogen-bond donors (Lipinski definition) is 2. The normalized spacial score (nSPS) is 11.2. The molecule has 0 fully saturated rings. The number of aryl methyl sites for hydroxylation is 1. The second-order valence-electron chi connectivity index (χ2n) is 4.95. The number of carbonyl (C=O) groups is 1. The molecule has 0 aliphatic carbocycles. The van der Waals surface area contributed by atoms with Crippen LogP contribution in [0, 0.1) is 6.92 Å². The number of carbonyl (C=O) groups excluding carboxylic acids is 1. The van der Waals surface area contributed by atoms with Gasteiger partial charge < -0.3 is 5.32 Å². The average Bonchev–Trinajstić information content (AvgIpc) is 2.93. The fraction of sp³-hybridized carbons (Fsp3) is 0.333. The quantitative estimate of drug-likeness (QED) is 0.798. The lowest BCUT2D eigenvalue weighted by Crippen LogP contribution is -2.25. The Morgan fingerprint density at radius 3 is 2.52 bits per heavy atom. The van der Waals surface area contributed by atoms with Crippen LogP contribution in [-0.2, 0) is 16.4 Å². The van der Waals surface area contributed by atoms with Crippen LogP contribution in [0.5, 0.6) is 0 Å². The highest BCUT2D eigenvalue weighted by molar-refractivity contribution is 7.92. The Bertz CT molecular complexity index is 768. The Labute approximate surface area is 140 Å². The van der Waals surface area contributed by atoms with Crippen molar-refractivity contribution in [3.8, 4) is 0 Å². The molecule has 0 radical (unpaired) electrons. The van der Waals surface area contributed by atoms with Crippen molar-refractivity contribution in [2.24, 2.45) is 0 Å². The highest BCUT2D eigenvalue weighted by Crippen LogP contribution is 2.13. The van der Waals surface area contributed by atoms with Gasteiger partial charge >= 0.3 is 0 Å². The Hall–Kier alpha value is -1.93. The van der Waals surface area contributed by atoms with Crippen LogP contribution in [0.25, 0.3) is 0 Å². The van der Waals surface area contributed by atoms with Crippen molar-refractivity contribution in [3.05, 3.63) is 45.9 Å². The Morgan fingerprint density at radius 1 is 1.26 bits per heavy atom. The molecule has 23 heavy (non-hydrogen) atoms. The predicted octanol–water partition coefficient (Wildman–Crippen LogP) is 2.19. The van der Waals surface area contributed by atoms with Crippen LogP contribution >= 0.6 is 11.3 Å². The highest BCUT2D eigenvalue weighted by atomic mass is 32.2. The molecule has 1 amide bonds. The van der Waals surface area contributed by atoms with E-state index in [-0.39, 0.29) is 11.7 Å². The molecule has 0 atom stereocenters. The van der Waals surface area contributed by atoms with Crippen LogP contribution in [0.1, 0.15) is 27.9 Å². The highest BCUT2D eigenvalue weighted by Gasteiger charge is 2.09. The Morgan fingerprint density at radius 2 is 1.96 bits per heavy atom. The summed E-state index contributed by atoms with van der Waals surface area (Å²) in [5.41, 5.74) is 3.73. The standard InChI is InChI=1S/C15H19N3O3S2/c1-3-23(20,21)18-13-6-4-12(5-7-13)15(19)16-9-8-14-11(2)17-10-22-14/h4-7,10,18H,3,8-9H2,1-2H3,(H,16,19). The van der Waals surface area contributed by atoms with E-state index < -0.39 is 10.0 Å². The molecule has 0 aliphatic heterocycles. The van der Waals surface area contributed by atoms with Gasteiger partial charge in [0.15, 0.2) is 0 Å². The van der Waals surface area contributed by atoms with Gasteiger partial charge in [-0.05, 0) is 38.1 Å². The second kappa shape index (κ2) is 7.56. The molecule has 2 rings (SSSR count). The van der Waals surface area contributed by atoms with E-state index in [9.17, 15) is 13.2 Å². The van der Waals surface area contributed by atoms with Gasteiger partial charge in [-0.2, -0.15) is 0 Å². The van der Waals surface area contributed by atoms with Crippen molar-refractivity contribution < 1.29 is 13.2 Å². The summed E-state index contributed by atoms with van der Waals surface area (Å²) in [6, 6.07) is 6.35. The van der Waals surface area contributed by atoms with E-state index in [0.717, 1.165) is 17.0 Å². The molecule has 0 saturated heterocycles. The van der Waals surface area contributed by atoms with E-state index in [2.05, 4.69) is 15.0 Å². The van der Waals surface area contributed by atoms with Gasteiger partial charge in [0.2, 0.25) is 10.0 Å². The molecule has 0 saturated carbocycles. The largest absolute Gasteiger partial charge is 0.352 e. The van der Waals surface area contributed by atoms with E-state index in [4.69, 9.17) is 0 Å². The van der Waals surface area contributed by atoms with E-state index in [1.54, 1.807) is 48.0 Å². The molecule has 2 N–H and O–H groups in total. The van der Waals surface area contributed by atoms with Crippen molar-refractivity contribution in [2.45, 2.75) is 20.3 Å². The lowest BCUT2D eigenvalue weighted by atomic mass is 10.2. The van der Waals surface area contributed by atoms with Crippen molar-refractivity contribution in [1.29, 1.82) is 0 Å². The molecule has 0 unspecified atom stereocenters. The number of sulfonamides is 1. The summed E-state index contributed by atoms with van der Waals surface area (Å²) in [4.78, 5) is 17.4. The van der Waals surface area contributed by atoms with Gasteiger partial charge in [0.05, 0.1) is 17.0 Å². The third kappa shape index (κ3) is 5.04. The number of rotatable bonds is 7. The molecule has 6 nitrogen and oxygen atoms in total. The van der Waals surface area contributed by atoms with Crippen molar-refractivity contribution in [1.82, 2.24) is 10.3 Å². The SMILES string of the molecule is CCS(=O)(=O)Nc1ccc(C(=O)NCCc2scnc2C)cc1. The molecule has 0 bridgehead atoms. The van der Waals surface area contributed by atoms with Crippen LogP contribution in [0.15, 0.2) is 29.8 Å². The van der Waals surface area contributed by atoms with E-state index in [1.165, 1.54) is 0 Å². The summed E-state index contributed by atoms with van der Waals surface area (Å²) >= 11 is 1.58. The van der Waals surface area contributed by atoms with Crippen LogP contribution in [0.4, 0.5) is 5.69 Å². The summed E-state index contributed by atoms with van der Waals surface area (Å²) in [5.74, 6) is -0.177. The minimum absolute atomic E-state index is 0.00618. The van der Waals surface area contributed by atoms with Crippen molar-refractivity contribution >= 4 is 33.0 Å². The first-order chi connectivity index (χ1) is 10.9. The smallest absolute Gasteiger partial charge is 0.251 e. The summed E-state index contributed by atoms with van der Waals surface area (Å²) in [5, 5.41) is 2.84. The van der Waals surface area contributed by atoms with E-state index >= 15 is 0 Å². The Balaban J connectivity index is 1.89. The van der Waals surface area contributed by atoms with Gasteiger partial charge in [0.25, 0.3) is 5.91 Å². The van der Waals surface area contributed by atoms with Gasteiger partial charge in [-0.1, -0.05) is 0 Å². The summed E-state index contributed by atoms with van der Waals surface area (Å²) in [6.07, 6.45) is 0.747. The van der Waals surface area contributed by atoms with Crippen molar-refractivity contribution in [3.63, 3.8) is 0 Å². The zero-order chi connectivity index (χ0) is 16.9. The van der Waals surface area contributed by atoms with E-state index in [1.807, 2.05) is 6.92 Å². The third-order valence-corrected chi connectivity index (χ3v) is 5.58. The fourth-order valence-corrected chi connectivity index (χ4v) is 3.32. The molecular weight excluding hydrogens is 334 g/mol.